The van der Waals surface area contributed by atoms with Crippen LogP contribution in [0.1, 0.15) is 36.9 Å². The molecule has 0 saturated carbocycles. The van der Waals surface area contributed by atoms with E-state index >= 15 is 0 Å². The molecule has 6 nitrogen and oxygen atoms in total. The van der Waals surface area contributed by atoms with Gasteiger partial charge in [0.2, 0.25) is 5.82 Å². The van der Waals surface area contributed by atoms with E-state index in [-0.39, 0.29) is 11.9 Å². The molecule has 0 spiro atoms. The largest absolute Gasteiger partial charge is 0.334 e. The van der Waals surface area contributed by atoms with Crippen LogP contribution in [0.4, 0.5) is 14.9 Å². The molecule has 2 amide bonds. The third-order valence-electron chi connectivity index (χ3n) is 6.01. The minimum atomic E-state index is -0.690. The molecule has 2 heterocycles. The SMILES string of the molecule is CCc1ccc(-c2noc(C3=C(C)N(c4cccc(Cl)c4)C(=O)NC3c3cccc(F)c3)n2)cc1. The fraction of sp³-hybridized carbons (Fsp3) is 0.148. The van der Waals surface area contributed by atoms with Gasteiger partial charge in [0.1, 0.15) is 5.82 Å². The van der Waals surface area contributed by atoms with Gasteiger partial charge in [-0.25, -0.2) is 9.18 Å². The second-order valence-corrected chi connectivity index (χ2v) is 8.66. The molecule has 0 radical (unpaired) electrons. The third kappa shape index (κ3) is 4.42. The molecule has 4 aromatic rings. The zero-order valence-corrected chi connectivity index (χ0v) is 19.9. The molecule has 1 atom stereocenters. The third-order valence-corrected chi connectivity index (χ3v) is 6.25. The Morgan fingerprint density at radius 2 is 1.86 bits per heavy atom. The summed E-state index contributed by atoms with van der Waals surface area (Å²) >= 11 is 6.19. The summed E-state index contributed by atoms with van der Waals surface area (Å²) in [4.78, 5) is 19.4. The maximum Gasteiger partial charge on any atom is 0.326 e. The molecule has 0 bridgehead atoms. The zero-order chi connectivity index (χ0) is 24.5. The summed E-state index contributed by atoms with van der Waals surface area (Å²) < 4.78 is 19.8. The quantitative estimate of drug-likeness (QED) is 0.335. The Morgan fingerprint density at radius 3 is 2.57 bits per heavy atom. The predicted molar refractivity (Wildman–Crippen MR) is 133 cm³/mol. The van der Waals surface area contributed by atoms with Crippen molar-refractivity contribution in [2.75, 3.05) is 4.90 Å². The van der Waals surface area contributed by atoms with Crippen molar-refractivity contribution in [3.63, 3.8) is 0 Å². The number of anilines is 1. The Kier molecular flexibility index (Phi) is 6.09. The van der Waals surface area contributed by atoms with E-state index in [0.29, 0.717) is 33.4 Å². The average molecular weight is 489 g/mol. The van der Waals surface area contributed by atoms with Crippen molar-refractivity contribution in [1.29, 1.82) is 0 Å². The highest BCUT2D eigenvalue weighted by molar-refractivity contribution is 6.31. The van der Waals surface area contributed by atoms with Crippen LogP contribution in [0, 0.1) is 5.82 Å². The van der Waals surface area contributed by atoms with Crippen molar-refractivity contribution in [2.45, 2.75) is 26.3 Å². The van der Waals surface area contributed by atoms with Gasteiger partial charge in [0.25, 0.3) is 5.89 Å². The number of carbonyl (C=O) groups is 1. The normalized spacial score (nSPS) is 15.9. The number of rotatable bonds is 5. The molecular formula is C27H22ClFN4O2. The standard InChI is InChI=1S/C27H22ClFN4O2/c1-3-17-10-12-18(13-11-17)25-31-26(35-32-25)23-16(2)33(22-9-5-7-20(28)15-22)27(34)30-24(23)19-6-4-8-21(29)14-19/h4-15,24H,3H2,1-2H3,(H,30,34). The van der Waals surface area contributed by atoms with Crippen molar-refractivity contribution < 1.29 is 13.7 Å². The number of benzene rings is 3. The number of hydrogen-bond acceptors (Lipinski definition) is 4. The first-order chi connectivity index (χ1) is 16.9. The predicted octanol–water partition coefficient (Wildman–Crippen LogP) is 6.79. The van der Waals surface area contributed by atoms with Gasteiger partial charge in [-0.2, -0.15) is 4.98 Å². The lowest BCUT2D eigenvalue weighted by Gasteiger charge is -2.35. The van der Waals surface area contributed by atoms with Crippen molar-refractivity contribution in [3.8, 4) is 11.4 Å². The van der Waals surface area contributed by atoms with Gasteiger partial charge in [0, 0.05) is 16.3 Å². The lowest BCUT2D eigenvalue weighted by molar-refractivity contribution is 0.244. The molecular weight excluding hydrogens is 467 g/mol. The van der Waals surface area contributed by atoms with Crippen LogP contribution in [0.15, 0.2) is 83.0 Å². The molecule has 3 aromatic carbocycles. The maximum atomic E-state index is 14.1. The number of aromatic nitrogens is 2. The van der Waals surface area contributed by atoms with E-state index in [2.05, 4.69) is 22.4 Å². The fourth-order valence-electron chi connectivity index (χ4n) is 4.22. The van der Waals surface area contributed by atoms with Crippen LogP contribution in [0.2, 0.25) is 5.02 Å². The first-order valence-corrected chi connectivity index (χ1v) is 11.6. The minimum absolute atomic E-state index is 0.235. The second-order valence-electron chi connectivity index (χ2n) is 8.23. The van der Waals surface area contributed by atoms with E-state index in [0.717, 1.165) is 12.0 Å². The monoisotopic (exact) mass is 488 g/mol. The van der Waals surface area contributed by atoms with Crippen molar-refractivity contribution >= 4 is 28.9 Å². The molecule has 1 aliphatic rings. The maximum absolute atomic E-state index is 14.1. The van der Waals surface area contributed by atoms with Gasteiger partial charge in [-0.1, -0.05) is 66.1 Å². The number of amides is 2. The molecule has 1 aromatic heterocycles. The summed E-state index contributed by atoms with van der Waals surface area (Å²) in [6.07, 6.45) is 0.929. The van der Waals surface area contributed by atoms with Crippen LogP contribution in [0.3, 0.4) is 0 Å². The Labute approximate surface area is 207 Å². The Hall–Kier alpha value is -3.97. The Bertz CT molecular complexity index is 1430. The molecule has 176 valence electrons. The lowest BCUT2D eigenvalue weighted by Crippen LogP contribution is -2.46. The van der Waals surface area contributed by atoms with E-state index in [4.69, 9.17) is 16.1 Å². The van der Waals surface area contributed by atoms with Gasteiger partial charge in [-0.05, 0) is 54.8 Å². The molecule has 0 fully saturated rings. The number of carbonyl (C=O) groups excluding carboxylic acids is 1. The topological polar surface area (TPSA) is 71.3 Å². The van der Waals surface area contributed by atoms with Gasteiger partial charge in [-0.15, -0.1) is 0 Å². The minimum Gasteiger partial charge on any atom is -0.334 e. The van der Waals surface area contributed by atoms with E-state index in [9.17, 15) is 9.18 Å². The van der Waals surface area contributed by atoms with Gasteiger partial charge in [0.05, 0.1) is 17.3 Å². The number of urea groups is 1. The Balaban J connectivity index is 1.64. The number of nitrogens with zero attached hydrogens (tertiary/aromatic N) is 3. The first kappa shape index (κ1) is 22.8. The van der Waals surface area contributed by atoms with Crippen molar-refractivity contribution in [2.24, 2.45) is 0 Å². The summed E-state index contributed by atoms with van der Waals surface area (Å²) in [6.45, 7) is 3.88. The van der Waals surface area contributed by atoms with Gasteiger partial charge in [0.15, 0.2) is 0 Å². The van der Waals surface area contributed by atoms with E-state index in [1.54, 1.807) is 43.3 Å². The highest BCUT2D eigenvalue weighted by atomic mass is 35.5. The highest BCUT2D eigenvalue weighted by Crippen LogP contribution is 2.39. The van der Waals surface area contributed by atoms with Crippen LogP contribution in [0.5, 0.6) is 0 Å². The number of halogens is 2. The number of hydrogen-bond donors (Lipinski definition) is 1. The summed E-state index contributed by atoms with van der Waals surface area (Å²) in [5, 5.41) is 7.64. The van der Waals surface area contributed by atoms with E-state index in [1.165, 1.54) is 22.6 Å². The summed E-state index contributed by atoms with van der Waals surface area (Å²) in [5.74, 6) is 0.249. The highest BCUT2D eigenvalue weighted by Gasteiger charge is 2.36. The van der Waals surface area contributed by atoms with Crippen LogP contribution < -0.4 is 10.2 Å². The van der Waals surface area contributed by atoms with Crippen molar-refractivity contribution in [1.82, 2.24) is 15.5 Å². The van der Waals surface area contributed by atoms with Gasteiger partial charge < -0.3 is 9.84 Å². The molecule has 1 aliphatic heterocycles. The molecule has 8 heteroatoms. The molecule has 1 N–H and O–H groups in total. The first-order valence-electron chi connectivity index (χ1n) is 11.2. The van der Waals surface area contributed by atoms with Crippen LogP contribution in [-0.2, 0) is 6.42 Å². The van der Waals surface area contributed by atoms with E-state index < -0.39 is 11.9 Å². The summed E-state index contributed by atoms with van der Waals surface area (Å²) in [7, 11) is 0. The lowest BCUT2D eigenvalue weighted by atomic mass is 9.94. The molecule has 0 saturated heterocycles. The fourth-order valence-corrected chi connectivity index (χ4v) is 4.41. The molecule has 35 heavy (non-hydrogen) atoms. The Morgan fingerprint density at radius 1 is 1.09 bits per heavy atom. The second kappa shape index (κ2) is 9.35. The molecule has 0 aliphatic carbocycles. The average Bonchev–Trinajstić information content (AvgIpc) is 3.33. The van der Waals surface area contributed by atoms with Gasteiger partial charge >= 0.3 is 6.03 Å². The summed E-state index contributed by atoms with van der Waals surface area (Å²) in [6, 6.07) is 19.9. The van der Waals surface area contributed by atoms with Crippen LogP contribution in [-0.4, -0.2) is 16.2 Å². The van der Waals surface area contributed by atoms with Crippen molar-refractivity contribution in [3.05, 3.63) is 106 Å². The van der Waals surface area contributed by atoms with Crippen LogP contribution >= 0.6 is 11.6 Å². The van der Waals surface area contributed by atoms with Gasteiger partial charge in [-0.3, -0.25) is 4.90 Å². The zero-order valence-electron chi connectivity index (χ0n) is 19.1. The molecule has 5 rings (SSSR count). The smallest absolute Gasteiger partial charge is 0.326 e. The molecule has 1 unspecified atom stereocenters. The summed E-state index contributed by atoms with van der Waals surface area (Å²) in [5.41, 5.74) is 4.29. The number of nitrogens with one attached hydrogen (secondary N) is 1. The number of allylic oxidation sites excluding steroid dienone is 1. The van der Waals surface area contributed by atoms with Crippen LogP contribution in [0.25, 0.3) is 17.0 Å². The number of aryl methyl sites for hydroxylation is 1. The van der Waals surface area contributed by atoms with E-state index in [1.807, 2.05) is 24.3 Å².